The van der Waals surface area contributed by atoms with Gasteiger partial charge in [0.15, 0.2) is 9.84 Å². The van der Waals surface area contributed by atoms with Crippen molar-refractivity contribution in [3.63, 3.8) is 0 Å². The number of fused-ring (bicyclic) bond motifs is 1. The molecule has 0 atom stereocenters. The molecule has 0 unspecified atom stereocenters. The second kappa shape index (κ2) is 14.8. The van der Waals surface area contributed by atoms with Gasteiger partial charge in [-0.3, -0.25) is 4.90 Å². The number of benzene rings is 3. The van der Waals surface area contributed by atoms with E-state index in [1.54, 1.807) is 18.2 Å². The number of hydrogen-bond acceptors (Lipinski definition) is 9. The first kappa shape index (κ1) is 33.7. The fourth-order valence-corrected chi connectivity index (χ4v) is 6.11. The molecule has 45 heavy (non-hydrogen) atoms. The average molecular weight is 652 g/mol. The van der Waals surface area contributed by atoms with Crippen LogP contribution in [-0.4, -0.2) is 87.7 Å². The third kappa shape index (κ3) is 9.42. The molecule has 0 saturated carbocycles. The molecule has 2 N–H and O–H groups in total. The number of carbonyl (C=O) groups excluding carboxylic acids is 1. The van der Waals surface area contributed by atoms with Gasteiger partial charge in [-0.15, -0.1) is 0 Å². The standard InChI is InChI=1S/C29H31NO7S.C2HF3O2/c31-27-17-21(5-7-26(27)29(32)37-13-2-10-30-11-15-35-16-12-30)20-38(33,34)25-4-1-3-22(19-25)23-6-8-28-24(18-23)9-14-36-28;3-2(4,5)1(6)7/h1,3-8,17-19,31H,2,9-16,20H2;(H,6,7). The first-order valence-electron chi connectivity index (χ1n) is 14.0. The minimum Gasteiger partial charge on any atom is -0.507 e. The number of ether oxygens (including phenoxy) is 3. The fourth-order valence-electron chi connectivity index (χ4n) is 4.73. The van der Waals surface area contributed by atoms with Crippen LogP contribution in [0.1, 0.15) is 27.9 Å². The van der Waals surface area contributed by atoms with Crippen LogP contribution in [-0.2, 0) is 36.3 Å². The molecule has 242 valence electrons. The number of alkyl halides is 3. The Morgan fingerprint density at radius 2 is 1.67 bits per heavy atom. The van der Waals surface area contributed by atoms with Crippen LogP contribution in [0.3, 0.4) is 0 Å². The van der Waals surface area contributed by atoms with Gasteiger partial charge in [-0.2, -0.15) is 13.2 Å². The molecule has 3 aromatic carbocycles. The molecule has 0 radical (unpaired) electrons. The van der Waals surface area contributed by atoms with Crippen molar-refractivity contribution in [3.05, 3.63) is 77.4 Å². The molecule has 0 aliphatic carbocycles. The van der Waals surface area contributed by atoms with Crippen LogP contribution < -0.4 is 4.74 Å². The van der Waals surface area contributed by atoms with Gasteiger partial charge >= 0.3 is 18.1 Å². The minimum absolute atomic E-state index is 0.0140. The molecule has 1 fully saturated rings. The summed E-state index contributed by atoms with van der Waals surface area (Å²) in [6, 6.07) is 17.0. The summed E-state index contributed by atoms with van der Waals surface area (Å²) in [7, 11) is -3.70. The maximum atomic E-state index is 13.2. The Hall–Kier alpha value is -4.14. The maximum absolute atomic E-state index is 13.2. The molecule has 0 spiro atoms. The topological polar surface area (TPSA) is 140 Å². The molecule has 2 aliphatic rings. The lowest BCUT2D eigenvalue weighted by Gasteiger charge is -2.26. The van der Waals surface area contributed by atoms with Crippen molar-refractivity contribution in [2.24, 2.45) is 0 Å². The largest absolute Gasteiger partial charge is 0.507 e. The molecule has 10 nitrogen and oxygen atoms in total. The SMILES string of the molecule is O=C(O)C(F)(F)F.O=C(OCCCN1CCOCC1)c1ccc(CS(=O)(=O)c2cccc(-c3ccc4c(c3)CCO4)c2)cc1O. The molecular weight excluding hydrogens is 619 g/mol. The molecule has 3 aromatic rings. The number of nitrogens with zero attached hydrogens (tertiary/aromatic N) is 1. The van der Waals surface area contributed by atoms with Crippen LogP contribution >= 0.6 is 0 Å². The molecule has 0 bridgehead atoms. The highest BCUT2D eigenvalue weighted by Crippen LogP contribution is 2.32. The van der Waals surface area contributed by atoms with Gasteiger partial charge in [-0.25, -0.2) is 18.0 Å². The highest BCUT2D eigenvalue weighted by molar-refractivity contribution is 7.90. The van der Waals surface area contributed by atoms with Crippen molar-refractivity contribution < 1.29 is 55.6 Å². The fraction of sp³-hybridized carbons (Fsp3) is 0.355. The van der Waals surface area contributed by atoms with Crippen LogP contribution in [0.15, 0.2) is 65.6 Å². The van der Waals surface area contributed by atoms with E-state index in [9.17, 15) is 31.5 Å². The lowest BCUT2D eigenvalue weighted by molar-refractivity contribution is -0.192. The van der Waals surface area contributed by atoms with E-state index in [2.05, 4.69) is 4.90 Å². The smallest absolute Gasteiger partial charge is 0.490 e. The molecule has 2 heterocycles. The molecular formula is C31H32F3NO9S. The van der Waals surface area contributed by atoms with Gasteiger partial charge in [0.05, 0.1) is 37.1 Å². The minimum atomic E-state index is -5.08. The lowest BCUT2D eigenvalue weighted by atomic mass is 10.0. The van der Waals surface area contributed by atoms with E-state index < -0.39 is 28.0 Å². The third-order valence-corrected chi connectivity index (χ3v) is 8.74. The Morgan fingerprint density at radius 1 is 0.956 bits per heavy atom. The van der Waals surface area contributed by atoms with Gasteiger partial charge in [-0.05, 0) is 65.1 Å². The predicted molar refractivity (Wildman–Crippen MR) is 156 cm³/mol. The number of aliphatic carboxylic acids is 1. The van der Waals surface area contributed by atoms with E-state index in [1.807, 2.05) is 24.3 Å². The van der Waals surface area contributed by atoms with Crippen LogP contribution in [0.5, 0.6) is 11.5 Å². The summed E-state index contributed by atoms with van der Waals surface area (Å²) < 4.78 is 74.3. The number of phenolic OH excluding ortho intramolecular Hbond substituents is 1. The summed E-state index contributed by atoms with van der Waals surface area (Å²) in [6.45, 7) is 4.86. The zero-order chi connectivity index (χ0) is 32.6. The number of aromatic hydroxyl groups is 1. The summed E-state index contributed by atoms with van der Waals surface area (Å²) in [4.78, 5) is 23.8. The maximum Gasteiger partial charge on any atom is 0.490 e. The van der Waals surface area contributed by atoms with Crippen molar-refractivity contribution >= 4 is 21.8 Å². The number of carbonyl (C=O) groups is 2. The number of esters is 1. The van der Waals surface area contributed by atoms with Crippen molar-refractivity contribution in [2.45, 2.75) is 29.7 Å². The summed E-state index contributed by atoms with van der Waals surface area (Å²) in [6.07, 6.45) is -3.57. The molecule has 0 aromatic heterocycles. The molecule has 14 heteroatoms. The van der Waals surface area contributed by atoms with Gasteiger partial charge in [0.1, 0.15) is 17.1 Å². The summed E-state index contributed by atoms with van der Waals surface area (Å²) >= 11 is 0. The van der Waals surface area contributed by atoms with Crippen LogP contribution in [0, 0.1) is 0 Å². The highest BCUT2D eigenvalue weighted by atomic mass is 32.2. The van der Waals surface area contributed by atoms with Crippen molar-refractivity contribution in [3.8, 4) is 22.6 Å². The molecule has 1 saturated heterocycles. The van der Waals surface area contributed by atoms with Gasteiger partial charge in [0.25, 0.3) is 0 Å². The van der Waals surface area contributed by atoms with Crippen LogP contribution in [0.25, 0.3) is 11.1 Å². The van der Waals surface area contributed by atoms with Gasteiger partial charge in [0, 0.05) is 26.1 Å². The van der Waals surface area contributed by atoms with E-state index in [-0.39, 0.29) is 28.6 Å². The van der Waals surface area contributed by atoms with Gasteiger partial charge in [-0.1, -0.05) is 24.3 Å². The van der Waals surface area contributed by atoms with Crippen molar-refractivity contribution in [2.75, 3.05) is 46.1 Å². The number of phenols is 1. The van der Waals surface area contributed by atoms with Gasteiger partial charge < -0.3 is 24.4 Å². The summed E-state index contributed by atoms with van der Waals surface area (Å²) in [5.41, 5.74) is 3.24. The Morgan fingerprint density at radius 3 is 2.36 bits per heavy atom. The Bertz CT molecular complexity index is 1620. The van der Waals surface area contributed by atoms with E-state index in [0.717, 1.165) is 48.5 Å². The number of carboxylic acids is 1. The second-order valence-corrected chi connectivity index (χ2v) is 12.3. The number of carboxylic acid groups (broad SMARTS) is 1. The zero-order valence-corrected chi connectivity index (χ0v) is 24.9. The first-order chi connectivity index (χ1) is 21.3. The zero-order valence-electron chi connectivity index (χ0n) is 24.1. The summed E-state index contributed by atoms with van der Waals surface area (Å²) in [5, 5.41) is 17.6. The van der Waals surface area contributed by atoms with E-state index in [0.29, 0.717) is 31.8 Å². The predicted octanol–water partition coefficient (Wildman–Crippen LogP) is 4.48. The van der Waals surface area contributed by atoms with Crippen molar-refractivity contribution in [1.29, 1.82) is 0 Å². The number of sulfone groups is 1. The van der Waals surface area contributed by atoms with E-state index in [4.69, 9.17) is 24.1 Å². The Labute approximate surface area is 257 Å². The number of morpholine rings is 1. The third-order valence-electron chi connectivity index (χ3n) is 7.05. The number of rotatable bonds is 9. The highest BCUT2D eigenvalue weighted by Gasteiger charge is 2.38. The average Bonchev–Trinajstić information content (AvgIpc) is 3.48. The summed E-state index contributed by atoms with van der Waals surface area (Å²) in [5.74, 6) is -3.13. The lowest BCUT2D eigenvalue weighted by Crippen LogP contribution is -2.37. The first-order valence-corrected chi connectivity index (χ1v) is 15.7. The quantitative estimate of drug-likeness (QED) is 0.252. The van der Waals surface area contributed by atoms with E-state index in [1.165, 1.54) is 18.2 Å². The van der Waals surface area contributed by atoms with Crippen LogP contribution in [0.2, 0.25) is 0 Å². The molecule has 5 rings (SSSR count). The molecule has 2 aliphatic heterocycles. The number of hydrogen-bond donors (Lipinski definition) is 2. The second-order valence-electron chi connectivity index (χ2n) is 10.3. The molecule has 0 amide bonds. The van der Waals surface area contributed by atoms with Crippen molar-refractivity contribution in [1.82, 2.24) is 4.90 Å². The normalized spacial score (nSPS) is 14.9. The van der Waals surface area contributed by atoms with Gasteiger partial charge in [0.2, 0.25) is 0 Å². The van der Waals surface area contributed by atoms with Crippen LogP contribution in [0.4, 0.5) is 13.2 Å². The number of halogens is 3. The Kier molecular flexibility index (Phi) is 11.1. The Balaban J connectivity index is 0.000000591. The monoisotopic (exact) mass is 651 g/mol. The van der Waals surface area contributed by atoms with E-state index >= 15 is 0 Å².